The van der Waals surface area contributed by atoms with Crippen LogP contribution in [0.3, 0.4) is 0 Å². The second kappa shape index (κ2) is 9.50. The molecule has 2 aromatic rings. The fourth-order valence-corrected chi connectivity index (χ4v) is 6.78. The van der Waals surface area contributed by atoms with Gasteiger partial charge in [0.25, 0.3) is 0 Å². The van der Waals surface area contributed by atoms with Crippen LogP contribution in [0, 0.1) is 17.6 Å². The van der Waals surface area contributed by atoms with E-state index in [-0.39, 0.29) is 34.9 Å². The van der Waals surface area contributed by atoms with Crippen LogP contribution in [0.1, 0.15) is 63.1 Å². The summed E-state index contributed by atoms with van der Waals surface area (Å²) in [5.41, 5.74) is 2.35. The zero-order chi connectivity index (χ0) is 26.5. The molecule has 2 heterocycles. The summed E-state index contributed by atoms with van der Waals surface area (Å²) in [5, 5.41) is 0. The average molecular weight is 511 g/mol. The Hall–Kier alpha value is -2.80. The number of rotatable bonds is 3. The molecule has 3 atom stereocenters. The van der Waals surface area contributed by atoms with Crippen molar-refractivity contribution in [3.05, 3.63) is 70.8 Å². The number of esters is 1. The third kappa shape index (κ3) is 4.67. The van der Waals surface area contributed by atoms with Gasteiger partial charge < -0.3 is 9.64 Å². The van der Waals surface area contributed by atoms with E-state index in [0.717, 1.165) is 6.07 Å². The first-order valence-electron chi connectivity index (χ1n) is 13.2. The maximum atomic E-state index is 14.9. The van der Waals surface area contributed by atoms with Crippen LogP contribution in [0.25, 0.3) is 0 Å². The molecule has 7 heteroatoms. The lowest BCUT2D eigenvalue weighted by Crippen LogP contribution is -2.52. The summed E-state index contributed by atoms with van der Waals surface area (Å²) in [5.74, 6) is -2.23. The van der Waals surface area contributed by atoms with Crippen LogP contribution in [-0.4, -0.2) is 59.5 Å². The van der Waals surface area contributed by atoms with Gasteiger partial charge in [0.1, 0.15) is 17.7 Å². The van der Waals surface area contributed by atoms with Gasteiger partial charge in [-0.15, -0.1) is 0 Å². The number of fused-ring (bicyclic) bond motifs is 2. The standard InChI is InChI=1S/C30H36F2N2O3/c1-19(35)37-27-15-20-7-5-6-8-25(20)30(27)11-13-33(14-12-30)28(36)24-18-34(29(2,3)4)17-23(24)22-10-9-21(31)16-26(22)32/h5-10,16,23-24,27H,11-15,17-18H2,1-4H3/t23-,24?,27+/m0/s1. The number of carbonyl (C=O) groups excluding carboxylic acids is 2. The molecular weight excluding hydrogens is 474 g/mol. The van der Waals surface area contributed by atoms with E-state index in [1.165, 1.54) is 30.2 Å². The Bertz CT molecular complexity index is 1200. The highest BCUT2D eigenvalue weighted by Gasteiger charge is 2.52. The molecule has 2 fully saturated rings. The highest BCUT2D eigenvalue weighted by molar-refractivity contribution is 5.81. The molecule has 37 heavy (non-hydrogen) atoms. The van der Waals surface area contributed by atoms with Crippen molar-refractivity contribution >= 4 is 11.9 Å². The van der Waals surface area contributed by atoms with Crippen LogP contribution >= 0.6 is 0 Å². The van der Waals surface area contributed by atoms with Crippen LogP contribution in [0.4, 0.5) is 8.78 Å². The van der Waals surface area contributed by atoms with Crippen molar-refractivity contribution in [2.24, 2.45) is 5.92 Å². The molecule has 0 aromatic heterocycles. The quantitative estimate of drug-likeness (QED) is 0.556. The van der Waals surface area contributed by atoms with Gasteiger partial charge >= 0.3 is 5.97 Å². The number of hydrogen-bond acceptors (Lipinski definition) is 4. The van der Waals surface area contributed by atoms with E-state index in [0.29, 0.717) is 51.0 Å². The first-order valence-corrected chi connectivity index (χ1v) is 13.2. The van der Waals surface area contributed by atoms with Gasteiger partial charge in [-0.2, -0.15) is 0 Å². The number of halogens is 2. The number of hydrogen-bond donors (Lipinski definition) is 0. The van der Waals surface area contributed by atoms with Crippen LogP contribution in [-0.2, 0) is 26.2 Å². The Morgan fingerprint density at radius 1 is 1.03 bits per heavy atom. The molecule has 1 spiro atoms. The fourth-order valence-electron chi connectivity index (χ4n) is 6.78. The Morgan fingerprint density at radius 3 is 2.38 bits per heavy atom. The molecule has 0 bridgehead atoms. The molecule has 0 radical (unpaired) electrons. The number of nitrogens with zero attached hydrogens (tertiary/aromatic N) is 2. The Morgan fingerprint density at radius 2 is 1.73 bits per heavy atom. The summed E-state index contributed by atoms with van der Waals surface area (Å²) in [6.07, 6.45) is 1.88. The molecule has 1 unspecified atom stereocenters. The number of amides is 1. The van der Waals surface area contributed by atoms with E-state index in [1.807, 2.05) is 17.0 Å². The van der Waals surface area contributed by atoms with E-state index in [4.69, 9.17) is 4.74 Å². The third-order valence-electron chi connectivity index (χ3n) is 8.80. The fraction of sp³-hybridized carbons (Fsp3) is 0.533. The van der Waals surface area contributed by atoms with Gasteiger partial charge in [-0.05, 0) is 56.4 Å². The number of piperidine rings is 1. The maximum Gasteiger partial charge on any atom is 0.302 e. The molecular formula is C30H36F2N2O3. The SMILES string of the molecule is CC(=O)O[C@@H]1Cc2ccccc2C12CCN(C(=O)C1CN(C(C)(C)C)C[C@H]1c1ccc(F)cc1F)CC2. The predicted octanol–water partition coefficient (Wildman–Crippen LogP) is 4.83. The summed E-state index contributed by atoms with van der Waals surface area (Å²) in [7, 11) is 0. The molecule has 2 aliphatic heterocycles. The van der Waals surface area contributed by atoms with Crippen molar-refractivity contribution in [2.75, 3.05) is 26.2 Å². The molecule has 3 aliphatic rings. The molecule has 1 aliphatic carbocycles. The zero-order valence-corrected chi connectivity index (χ0v) is 22.1. The van der Waals surface area contributed by atoms with Gasteiger partial charge in [-0.1, -0.05) is 30.3 Å². The lowest BCUT2D eigenvalue weighted by atomic mass is 9.72. The van der Waals surface area contributed by atoms with Crippen LogP contribution < -0.4 is 0 Å². The molecule has 2 aromatic carbocycles. The van der Waals surface area contributed by atoms with Gasteiger partial charge in [0.05, 0.1) is 5.92 Å². The number of likely N-dealkylation sites (tertiary alicyclic amines) is 2. The zero-order valence-electron chi connectivity index (χ0n) is 22.1. The molecule has 5 rings (SSSR count). The van der Waals surface area contributed by atoms with Crippen molar-refractivity contribution in [2.45, 2.75) is 69.9 Å². The summed E-state index contributed by atoms with van der Waals surface area (Å²) >= 11 is 0. The lowest BCUT2D eigenvalue weighted by Gasteiger charge is -2.44. The summed E-state index contributed by atoms with van der Waals surface area (Å²) in [4.78, 5) is 30.0. The van der Waals surface area contributed by atoms with Crippen LogP contribution in [0.2, 0.25) is 0 Å². The predicted molar refractivity (Wildman–Crippen MR) is 137 cm³/mol. The molecule has 0 saturated carbocycles. The summed E-state index contributed by atoms with van der Waals surface area (Å²) in [6, 6.07) is 11.9. The second-order valence-corrected chi connectivity index (χ2v) is 11.9. The first kappa shape index (κ1) is 25.8. The molecule has 5 nitrogen and oxygen atoms in total. The highest BCUT2D eigenvalue weighted by atomic mass is 19.1. The topological polar surface area (TPSA) is 49.9 Å². The van der Waals surface area contributed by atoms with Gasteiger partial charge in [0.2, 0.25) is 5.91 Å². The highest BCUT2D eigenvalue weighted by Crippen LogP contribution is 2.48. The van der Waals surface area contributed by atoms with Crippen molar-refractivity contribution in [1.82, 2.24) is 9.80 Å². The molecule has 0 N–H and O–H groups in total. The van der Waals surface area contributed by atoms with Crippen molar-refractivity contribution in [3.8, 4) is 0 Å². The van der Waals surface area contributed by atoms with E-state index in [1.54, 1.807) is 0 Å². The number of carbonyl (C=O) groups is 2. The van der Waals surface area contributed by atoms with E-state index in [2.05, 4.69) is 37.8 Å². The summed E-state index contributed by atoms with van der Waals surface area (Å²) in [6.45, 7) is 9.91. The van der Waals surface area contributed by atoms with Crippen LogP contribution in [0.5, 0.6) is 0 Å². The molecule has 198 valence electrons. The van der Waals surface area contributed by atoms with E-state index < -0.39 is 17.6 Å². The smallest absolute Gasteiger partial charge is 0.302 e. The first-order chi connectivity index (χ1) is 17.5. The average Bonchev–Trinajstić information content (AvgIpc) is 3.40. The minimum absolute atomic E-state index is 0.0191. The largest absolute Gasteiger partial charge is 0.461 e. The monoisotopic (exact) mass is 510 g/mol. The Labute approximate surface area is 217 Å². The van der Waals surface area contributed by atoms with Gasteiger partial charge in [-0.3, -0.25) is 14.5 Å². The van der Waals surface area contributed by atoms with Gasteiger partial charge in [0, 0.05) is 62.5 Å². The Kier molecular flexibility index (Phi) is 6.63. The third-order valence-corrected chi connectivity index (χ3v) is 8.80. The minimum atomic E-state index is -0.615. The lowest BCUT2D eigenvalue weighted by molar-refractivity contribution is -0.152. The van der Waals surface area contributed by atoms with Crippen molar-refractivity contribution in [3.63, 3.8) is 0 Å². The Balaban J connectivity index is 1.39. The normalized spacial score (nSPS) is 25.4. The molecule has 2 saturated heterocycles. The van der Waals surface area contributed by atoms with E-state index in [9.17, 15) is 18.4 Å². The summed E-state index contributed by atoms with van der Waals surface area (Å²) < 4.78 is 34.3. The minimum Gasteiger partial charge on any atom is -0.461 e. The number of benzene rings is 2. The maximum absolute atomic E-state index is 14.9. The number of ether oxygens (including phenoxy) is 1. The second-order valence-electron chi connectivity index (χ2n) is 11.9. The van der Waals surface area contributed by atoms with Crippen LogP contribution in [0.15, 0.2) is 42.5 Å². The van der Waals surface area contributed by atoms with Gasteiger partial charge in [0.15, 0.2) is 0 Å². The van der Waals surface area contributed by atoms with Crippen molar-refractivity contribution < 1.29 is 23.1 Å². The van der Waals surface area contributed by atoms with E-state index >= 15 is 0 Å². The van der Waals surface area contributed by atoms with Crippen molar-refractivity contribution in [1.29, 1.82) is 0 Å². The molecule has 1 amide bonds. The van der Waals surface area contributed by atoms with Gasteiger partial charge in [-0.25, -0.2) is 8.78 Å².